The van der Waals surface area contributed by atoms with Crippen LogP contribution in [0.3, 0.4) is 0 Å². The minimum atomic E-state index is -0.0431. The van der Waals surface area contributed by atoms with E-state index in [-0.39, 0.29) is 17.9 Å². The number of likely N-dealkylation sites (tertiary alicyclic amines) is 1. The van der Waals surface area contributed by atoms with Gasteiger partial charge < -0.3 is 15.0 Å². The monoisotopic (exact) mass is 350 g/mol. The van der Waals surface area contributed by atoms with Crippen LogP contribution in [-0.4, -0.2) is 42.5 Å². The molecule has 1 aliphatic carbocycles. The van der Waals surface area contributed by atoms with E-state index in [9.17, 15) is 9.59 Å². The Morgan fingerprint density at radius 1 is 1.33 bits per heavy atom. The van der Waals surface area contributed by atoms with Gasteiger partial charge in [0.25, 0.3) is 5.91 Å². The number of carbonyl (C=O) groups is 2. The van der Waals surface area contributed by atoms with Gasteiger partial charge >= 0.3 is 0 Å². The lowest BCUT2D eigenvalue weighted by Crippen LogP contribution is -2.40. The van der Waals surface area contributed by atoms with Gasteiger partial charge in [0.1, 0.15) is 5.75 Å². The number of amides is 2. The zero-order valence-corrected chi connectivity index (χ0v) is 14.8. The van der Waals surface area contributed by atoms with Crippen LogP contribution in [0.4, 0.5) is 0 Å². The molecule has 2 fully saturated rings. The molecule has 1 aromatic carbocycles. The summed E-state index contributed by atoms with van der Waals surface area (Å²) in [5.41, 5.74) is 0.557. The van der Waals surface area contributed by atoms with Crippen LogP contribution < -0.4 is 10.1 Å². The topological polar surface area (TPSA) is 58.6 Å². The number of rotatable bonds is 5. The zero-order valence-electron chi connectivity index (χ0n) is 14.0. The minimum Gasteiger partial charge on any atom is -0.492 e. The molecule has 1 aliphatic heterocycles. The molecule has 5 nitrogen and oxygen atoms in total. The van der Waals surface area contributed by atoms with Crippen LogP contribution in [0.15, 0.2) is 18.2 Å². The summed E-state index contributed by atoms with van der Waals surface area (Å²) in [4.78, 5) is 26.1. The fourth-order valence-corrected chi connectivity index (χ4v) is 3.73. The van der Waals surface area contributed by atoms with Gasteiger partial charge in [-0.2, -0.15) is 0 Å². The van der Waals surface area contributed by atoms with Gasteiger partial charge in [-0.15, -0.1) is 0 Å². The number of halogens is 1. The molecule has 1 heterocycles. The van der Waals surface area contributed by atoms with Gasteiger partial charge in [0.05, 0.1) is 17.7 Å². The smallest absolute Gasteiger partial charge is 0.253 e. The van der Waals surface area contributed by atoms with E-state index in [1.54, 1.807) is 18.2 Å². The highest BCUT2D eigenvalue weighted by Gasteiger charge is 2.44. The lowest BCUT2D eigenvalue weighted by Gasteiger charge is -2.17. The van der Waals surface area contributed by atoms with E-state index in [0.717, 1.165) is 0 Å². The molecule has 1 aromatic rings. The Balaban J connectivity index is 1.73. The molecule has 130 valence electrons. The van der Waals surface area contributed by atoms with Crippen molar-refractivity contribution >= 4 is 23.4 Å². The van der Waals surface area contributed by atoms with Crippen molar-refractivity contribution in [2.75, 3.05) is 19.7 Å². The first-order chi connectivity index (χ1) is 11.5. The summed E-state index contributed by atoms with van der Waals surface area (Å²) in [5, 5.41) is 3.45. The Hall–Kier alpha value is -1.75. The van der Waals surface area contributed by atoms with Crippen molar-refractivity contribution in [1.82, 2.24) is 10.2 Å². The highest BCUT2D eigenvalue weighted by Crippen LogP contribution is 2.41. The third kappa shape index (κ3) is 3.66. The van der Waals surface area contributed by atoms with Crippen molar-refractivity contribution in [3.8, 4) is 5.75 Å². The maximum Gasteiger partial charge on any atom is 0.253 e. The fraction of sp³-hybridized carbons (Fsp3) is 0.556. The third-order valence-electron chi connectivity index (χ3n) is 4.75. The number of benzene rings is 1. The van der Waals surface area contributed by atoms with Crippen molar-refractivity contribution in [2.24, 2.45) is 11.8 Å². The Morgan fingerprint density at radius 2 is 2.08 bits per heavy atom. The number of hydrogen-bond donors (Lipinski definition) is 1. The molecule has 24 heavy (non-hydrogen) atoms. The van der Waals surface area contributed by atoms with Crippen molar-refractivity contribution in [2.45, 2.75) is 32.7 Å². The minimum absolute atomic E-state index is 0.0379. The standard InChI is InChI=1S/C18H23ClN2O3/c1-3-24-17-7-6-13(8-15(17)19)18(23)21-9-14(12-4-5-12)16(10-21)20-11(2)22/h6-8,12,14,16H,3-5,9-10H2,1-2H3,(H,20,22)/t14-,16+/m0/s1. The van der Waals surface area contributed by atoms with Gasteiger partial charge in [-0.05, 0) is 43.9 Å². The third-order valence-corrected chi connectivity index (χ3v) is 5.04. The number of nitrogens with one attached hydrogen (secondary N) is 1. The molecule has 0 spiro atoms. The molecular weight excluding hydrogens is 328 g/mol. The zero-order chi connectivity index (χ0) is 17.3. The summed E-state index contributed by atoms with van der Waals surface area (Å²) < 4.78 is 5.41. The predicted molar refractivity (Wildman–Crippen MR) is 92.3 cm³/mol. The van der Waals surface area contributed by atoms with Crippen LogP contribution >= 0.6 is 11.6 Å². The van der Waals surface area contributed by atoms with Gasteiger partial charge in [0.15, 0.2) is 0 Å². The largest absolute Gasteiger partial charge is 0.492 e. The summed E-state index contributed by atoms with van der Waals surface area (Å²) in [5.74, 6) is 1.49. The second kappa shape index (κ2) is 7.01. The second-order valence-electron chi connectivity index (χ2n) is 6.60. The molecule has 3 rings (SSSR count). The SMILES string of the molecule is CCOc1ccc(C(=O)N2C[C@@H](NC(C)=O)[C@H](C3CC3)C2)cc1Cl. The van der Waals surface area contributed by atoms with Crippen molar-refractivity contribution in [1.29, 1.82) is 0 Å². The van der Waals surface area contributed by atoms with Crippen molar-refractivity contribution < 1.29 is 14.3 Å². The number of ether oxygens (including phenoxy) is 1. The van der Waals surface area contributed by atoms with E-state index in [1.807, 2.05) is 11.8 Å². The number of nitrogens with zero attached hydrogens (tertiary/aromatic N) is 1. The van der Waals surface area contributed by atoms with Crippen LogP contribution in [0.25, 0.3) is 0 Å². The first-order valence-corrected chi connectivity index (χ1v) is 8.86. The Morgan fingerprint density at radius 3 is 2.67 bits per heavy atom. The molecule has 2 aliphatic rings. The average Bonchev–Trinajstić information content (AvgIpc) is 3.30. The molecule has 1 saturated heterocycles. The molecule has 0 aromatic heterocycles. The Kier molecular flexibility index (Phi) is 4.99. The molecule has 2 amide bonds. The number of carbonyl (C=O) groups excluding carboxylic acids is 2. The Labute approximate surface area is 147 Å². The molecule has 1 saturated carbocycles. The van der Waals surface area contributed by atoms with Crippen LogP contribution in [0, 0.1) is 11.8 Å². The maximum atomic E-state index is 12.8. The Bertz CT molecular complexity index is 645. The van der Waals surface area contributed by atoms with E-state index < -0.39 is 0 Å². The molecule has 1 N–H and O–H groups in total. The van der Waals surface area contributed by atoms with E-state index >= 15 is 0 Å². The first kappa shape index (κ1) is 17.1. The average molecular weight is 351 g/mol. The van der Waals surface area contributed by atoms with Crippen LogP contribution in [0.5, 0.6) is 5.75 Å². The molecule has 0 radical (unpaired) electrons. The number of hydrogen-bond acceptors (Lipinski definition) is 3. The van der Waals surface area contributed by atoms with E-state index in [0.29, 0.717) is 47.9 Å². The van der Waals surface area contributed by atoms with E-state index in [4.69, 9.17) is 16.3 Å². The quantitative estimate of drug-likeness (QED) is 0.888. The molecule has 0 unspecified atom stereocenters. The van der Waals surface area contributed by atoms with Gasteiger partial charge in [-0.25, -0.2) is 0 Å². The first-order valence-electron chi connectivity index (χ1n) is 8.48. The lowest BCUT2D eigenvalue weighted by atomic mass is 9.98. The van der Waals surface area contributed by atoms with Crippen molar-refractivity contribution in [3.05, 3.63) is 28.8 Å². The van der Waals surface area contributed by atoms with E-state index in [1.165, 1.54) is 19.8 Å². The van der Waals surface area contributed by atoms with Gasteiger partial charge in [0.2, 0.25) is 5.91 Å². The fourth-order valence-electron chi connectivity index (χ4n) is 3.50. The van der Waals surface area contributed by atoms with Crippen molar-refractivity contribution in [3.63, 3.8) is 0 Å². The summed E-state index contributed by atoms with van der Waals surface area (Å²) in [7, 11) is 0. The summed E-state index contributed by atoms with van der Waals surface area (Å²) >= 11 is 6.19. The molecular formula is C18H23ClN2O3. The van der Waals surface area contributed by atoms with Gasteiger partial charge in [0, 0.05) is 31.5 Å². The highest BCUT2D eigenvalue weighted by molar-refractivity contribution is 6.32. The summed E-state index contributed by atoms with van der Waals surface area (Å²) in [6.07, 6.45) is 2.38. The maximum absolute atomic E-state index is 12.8. The summed E-state index contributed by atoms with van der Waals surface area (Å²) in [6.45, 7) is 5.20. The lowest BCUT2D eigenvalue weighted by molar-refractivity contribution is -0.119. The van der Waals surface area contributed by atoms with E-state index in [2.05, 4.69) is 5.32 Å². The molecule has 2 atom stereocenters. The van der Waals surface area contributed by atoms with Gasteiger partial charge in [-0.3, -0.25) is 9.59 Å². The molecule has 6 heteroatoms. The van der Waals surface area contributed by atoms with Gasteiger partial charge in [-0.1, -0.05) is 11.6 Å². The van der Waals surface area contributed by atoms with Crippen LogP contribution in [0.1, 0.15) is 37.0 Å². The van der Waals surface area contributed by atoms with Crippen LogP contribution in [0.2, 0.25) is 5.02 Å². The second-order valence-corrected chi connectivity index (χ2v) is 7.00. The van der Waals surface area contributed by atoms with Crippen LogP contribution in [-0.2, 0) is 4.79 Å². The normalized spacial score (nSPS) is 23.2. The predicted octanol–water partition coefficient (Wildman–Crippen LogP) is 2.73. The highest BCUT2D eigenvalue weighted by atomic mass is 35.5. The summed E-state index contributed by atoms with van der Waals surface area (Å²) in [6, 6.07) is 5.19. The molecule has 0 bridgehead atoms.